The molecule has 0 saturated carbocycles. The van der Waals surface area contributed by atoms with E-state index in [1.54, 1.807) is 0 Å². The van der Waals surface area contributed by atoms with Gasteiger partial charge in [-0.1, -0.05) is 19.1 Å². The summed E-state index contributed by atoms with van der Waals surface area (Å²) < 4.78 is 0. The summed E-state index contributed by atoms with van der Waals surface area (Å²) in [4.78, 5) is 44.6. The summed E-state index contributed by atoms with van der Waals surface area (Å²) in [5.41, 5.74) is 8.61. The highest BCUT2D eigenvalue weighted by Crippen LogP contribution is 2.20. The first-order valence-corrected chi connectivity index (χ1v) is 9.90. The molecule has 1 aromatic heterocycles. The Morgan fingerprint density at radius 3 is 2.58 bits per heavy atom. The number of nitrogens with one attached hydrogen (secondary N) is 2. The number of carbonyl (C=O) groups excluding carboxylic acids is 2. The number of rotatable bonds is 9. The molecule has 0 aliphatic rings. The van der Waals surface area contributed by atoms with Crippen LogP contribution < -0.4 is 16.4 Å². The van der Waals surface area contributed by atoms with Crippen LogP contribution in [-0.2, 0) is 17.6 Å². The van der Waals surface area contributed by atoms with Crippen molar-refractivity contribution >= 4 is 29.4 Å². The summed E-state index contributed by atoms with van der Waals surface area (Å²) >= 11 is 0. The van der Waals surface area contributed by atoms with Crippen LogP contribution in [0.1, 0.15) is 41.3 Å². The molecule has 10 heteroatoms. The first kappa shape index (κ1) is 23.6. The molecule has 1 heterocycles. The van der Waals surface area contributed by atoms with Gasteiger partial charge in [0.1, 0.15) is 6.04 Å². The molecule has 166 valence electrons. The molecule has 0 fully saturated rings. The Balaban J connectivity index is 2.06. The quantitative estimate of drug-likeness (QED) is 0.476. The van der Waals surface area contributed by atoms with Crippen LogP contribution >= 0.6 is 0 Å². The number of aromatic nitrogens is 2. The van der Waals surface area contributed by atoms with Crippen LogP contribution in [0.4, 0.5) is 16.3 Å². The van der Waals surface area contributed by atoms with Crippen LogP contribution in [-0.4, -0.2) is 57.5 Å². The second kappa shape index (κ2) is 10.4. The maximum Gasteiger partial charge on any atom is 0.407 e. The monoisotopic (exact) mass is 428 g/mol. The maximum atomic E-state index is 12.1. The molecule has 10 nitrogen and oxygen atoms in total. The number of hydrogen-bond acceptors (Lipinski definition) is 6. The molecule has 2 rings (SSSR count). The number of carbonyl (C=O) groups is 3. The molecule has 0 aliphatic heterocycles. The second-order valence-electron chi connectivity index (χ2n) is 7.11. The number of anilines is 2. The molecule has 5 N–H and O–H groups in total. The Morgan fingerprint density at radius 1 is 1.26 bits per heavy atom. The van der Waals surface area contributed by atoms with E-state index >= 15 is 0 Å². The van der Waals surface area contributed by atoms with Crippen molar-refractivity contribution in [2.75, 3.05) is 18.9 Å². The average molecular weight is 428 g/mol. The number of nitrogens with zero attached hydrogens (tertiary/aromatic N) is 3. The Bertz CT molecular complexity index is 978. The minimum Gasteiger partial charge on any atom is -0.465 e. The SMILES string of the molecule is CCc1nc(C(N)=O)c(Nc2cccc(CCNC(=O)[C@H](C)N(C)C(=O)O)c2)nc1C. The van der Waals surface area contributed by atoms with Gasteiger partial charge in [0.25, 0.3) is 5.91 Å². The number of benzene rings is 1. The van der Waals surface area contributed by atoms with Crippen molar-refractivity contribution in [3.63, 3.8) is 0 Å². The van der Waals surface area contributed by atoms with Crippen molar-refractivity contribution in [2.24, 2.45) is 5.73 Å². The standard InChI is InChI=1S/C21H28N6O4/c1-5-16-12(2)24-19(17(26-16)18(22)28)25-15-8-6-7-14(11-15)9-10-23-20(29)13(3)27(4)21(30)31/h6-8,11,13H,5,9-10H2,1-4H3,(H2,22,28)(H,23,29)(H,24,25)(H,30,31)/t13-/m0/s1. The van der Waals surface area contributed by atoms with E-state index in [0.717, 1.165) is 10.5 Å². The number of carboxylic acid groups (broad SMARTS) is 1. The van der Waals surface area contributed by atoms with Crippen molar-refractivity contribution < 1.29 is 19.5 Å². The summed E-state index contributed by atoms with van der Waals surface area (Å²) in [7, 11) is 1.35. The maximum absolute atomic E-state index is 12.1. The van der Waals surface area contributed by atoms with Gasteiger partial charge in [0, 0.05) is 19.3 Å². The summed E-state index contributed by atoms with van der Waals surface area (Å²) in [6.07, 6.45) is 0.0102. The predicted molar refractivity (Wildman–Crippen MR) is 116 cm³/mol. The number of likely N-dealkylation sites (N-methyl/N-ethyl adjacent to an activating group) is 1. The van der Waals surface area contributed by atoms with Crippen molar-refractivity contribution in [3.8, 4) is 0 Å². The molecule has 0 saturated heterocycles. The lowest BCUT2D eigenvalue weighted by molar-refractivity contribution is -0.124. The Labute approximate surface area is 180 Å². The number of nitrogens with two attached hydrogens (primary N) is 1. The van der Waals surface area contributed by atoms with Crippen molar-refractivity contribution in [1.29, 1.82) is 0 Å². The summed E-state index contributed by atoms with van der Waals surface area (Å²) in [5.74, 6) is -0.741. The van der Waals surface area contributed by atoms with E-state index in [1.807, 2.05) is 38.1 Å². The molecule has 0 radical (unpaired) electrons. The fraction of sp³-hybridized carbons (Fsp3) is 0.381. The highest BCUT2D eigenvalue weighted by atomic mass is 16.4. The number of primary amides is 1. The van der Waals surface area contributed by atoms with Gasteiger partial charge in [-0.3, -0.25) is 14.5 Å². The van der Waals surface area contributed by atoms with E-state index < -0.39 is 18.0 Å². The molecule has 0 spiro atoms. The highest BCUT2D eigenvalue weighted by Gasteiger charge is 2.21. The van der Waals surface area contributed by atoms with Crippen LogP contribution in [0.15, 0.2) is 24.3 Å². The molecule has 0 aliphatic carbocycles. The topological polar surface area (TPSA) is 151 Å². The predicted octanol–water partition coefficient (Wildman–Crippen LogP) is 1.85. The first-order valence-electron chi connectivity index (χ1n) is 9.90. The third-order valence-electron chi connectivity index (χ3n) is 4.90. The normalized spacial score (nSPS) is 11.5. The molecule has 1 aromatic carbocycles. The van der Waals surface area contributed by atoms with Gasteiger partial charge in [0.2, 0.25) is 5.91 Å². The molecule has 0 bridgehead atoms. The van der Waals surface area contributed by atoms with Gasteiger partial charge >= 0.3 is 6.09 Å². The fourth-order valence-corrected chi connectivity index (χ4v) is 2.91. The molecule has 2 aromatic rings. The van der Waals surface area contributed by atoms with Crippen molar-refractivity contribution in [1.82, 2.24) is 20.2 Å². The third kappa shape index (κ3) is 6.14. The van der Waals surface area contributed by atoms with Gasteiger partial charge in [0.05, 0.1) is 11.4 Å². The smallest absolute Gasteiger partial charge is 0.407 e. The summed E-state index contributed by atoms with van der Waals surface area (Å²) in [6.45, 7) is 5.62. The third-order valence-corrected chi connectivity index (χ3v) is 4.90. The molecule has 3 amide bonds. The number of aryl methyl sites for hydroxylation is 2. The van der Waals surface area contributed by atoms with E-state index in [9.17, 15) is 14.4 Å². The Morgan fingerprint density at radius 2 is 1.97 bits per heavy atom. The lowest BCUT2D eigenvalue weighted by Crippen LogP contribution is -2.45. The van der Waals surface area contributed by atoms with E-state index in [4.69, 9.17) is 10.8 Å². The van der Waals surface area contributed by atoms with Crippen LogP contribution in [0.5, 0.6) is 0 Å². The minimum absolute atomic E-state index is 0.0802. The zero-order valence-electron chi connectivity index (χ0n) is 18.1. The zero-order valence-corrected chi connectivity index (χ0v) is 18.1. The lowest BCUT2D eigenvalue weighted by atomic mass is 10.1. The highest BCUT2D eigenvalue weighted by molar-refractivity contribution is 5.96. The molecule has 0 unspecified atom stereocenters. The zero-order chi connectivity index (χ0) is 23.1. The molecule has 1 atom stereocenters. The van der Waals surface area contributed by atoms with Crippen LogP contribution in [0.2, 0.25) is 0 Å². The lowest BCUT2D eigenvalue weighted by Gasteiger charge is -2.20. The van der Waals surface area contributed by atoms with Gasteiger partial charge in [-0.15, -0.1) is 0 Å². The second-order valence-corrected chi connectivity index (χ2v) is 7.11. The first-order chi connectivity index (χ1) is 14.6. The van der Waals surface area contributed by atoms with Crippen LogP contribution in [0, 0.1) is 6.92 Å². The molecule has 31 heavy (non-hydrogen) atoms. The Hall–Kier alpha value is -3.69. The number of amides is 3. The van der Waals surface area contributed by atoms with Gasteiger partial charge in [0.15, 0.2) is 11.5 Å². The van der Waals surface area contributed by atoms with Crippen molar-refractivity contribution in [2.45, 2.75) is 39.7 Å². The van der Waals surface area contributed by atoms with Gasteiger partial charge in [-0.05, 0) is 44.4 Å². The van der Waals surface area contributed by atoms with Gasteiger partial charge in [-0.2, -0.15) is 0 Å². The fourth-order valence-electron chi connectivity index (χ4n) is 2.91. The van der Waals surface area contributed by atoms with Gasteiger partial charge in [-0.25, -0.2) is 14.8 Å². The summed E-state index contributed by atoms with van der Waals surface area (Å²) in [6, 6.07) is 6.64. The minimum atomic E-state index is -1.16. The van der Waals surface area contributed by atoms with Gasteiger partial charge < -0.3 is 21.5 Å². The van der Waals surface area contributed by atoms with Crippen LogP contribution in [0.25, 0.3) is 0 Å². The largest absolute Gasteiger partial charge is 0.465 e. The molecular formula is C21H28N6O4. The van der Waals surface area contributed by atoms with Crippen molar-refractivity contribution in [3.05, 3.63) is 46.9 Å². The van der Waals surface area contributed by atoms with Crippen LogP contribution in [0.3, 0.4) is 0 Å². The van der Waals surface area contributed by atoms with E-state index in [2.05, 4.69) is 20.6 Å². The van der Waals surface area contributed by atoms with E-state index in [1.165, 1.54) is 14.0 Å². The number of hydrogen-bond donors (Lipinski definition) is 4. The van der Waals surface area contributed by atoms with E-state index in [-0.39, 0.29) is 17.4 Å². The Kier molecular flexibility index (Phi) is 7.89. The van der Waals surface area contributed by atoms with E-state index in [0.29, 0.717) is 36.5 Å². The summed E-state index contributed by atoms with van der Waals surface area (Å²) in [5, 5.41) is 14.8. The average Bonchev–Trinajstić information content (AvgIpc) is 2.72. The molecular weight excluding hydrogens is 400 g/mol.